The number of nitrogens with one attached hydrogen (secondary N) is 1. The summed E-state index contributed by atoms with van der Waals surface area (Å²) in [6, 6.07) is 2.06. The van der Waals surface area contributed by atoms with Gasteiger partial charge in [-0.2, -0.15) is 0 Å². The van der Waals surface area contributed by atoms with Crippen LogP contribution in [0.1, 0.15) is 37.2 Å². The molecule has 88 valence electrons. The molecular formula is C12H17ClN2O. The van der Waals surface area contributed by atoms with Gasteiger partial charge in [0.25, 0.3) is 5.91 Å². The molecule has 4 heteroatoms. The number of aromatic nitrogens is 1. The van der Waals surface area contributed by atoms with E-state index in [0.717, 1.165) is 19.4 Å². The maximum absolute atomic E-state index is 12.2. The summed E-state index contributed by atoms with van der Waals surface area (Å²) in [4.78, 5) is 17.1. The monoisotopic (exact) mass is 240 g/mol. The van der Waals surface area contributed by atoms with E-state index in [9.17, 15) is 4.79 Å². The van der Waals surface area contributed by atoms with Crippen molar-refractivity contribution < 1.29 is 4.79 Å². The lowest BCUT2D eigenvalue weighted by molar-refractivity contribution is 0.0696. The number of hydrogen-bond donors (Lipinski definition) is 1. The Kier molecular flexibility index (Phi) is 3.24. The zero-order chi connectivity index (χ0) is 11.7. The Morgan fingerprint density at radius 2 is 2.38 bits per heavy atom. The molecule has 0 saturated carbocycles. The van der Waals surface area contributed by atoms with Crippen molar-refractivity contribution in [3.8, 4) is 0 Å². The van der Waals surface area contributed by atoms with Gasteiger partial charge in [-0.1, -0.05) is 25.4 Å². The lowest BCUT2D eigenvalue weighted by atomic mass is 10.0. The zero-order valence-corrected chi connectivity index (χ0v) is 10.4. The van der Waals surface area contributed by atoms with E-state index in [2.05, 4.69) is 18.8 Å². The second kappa shape index (κ2) is 4.50. The minimum Gasteiger partial charge on any atom is -0.356 e. The fourth-order valence-electron chi connectivity index (χ4n) is 2.38. The molecule has 0 aromatic carbocycles. The first kappa shape index (κ1) is 11.5. The number of carbonyl (C=O) groups excluding carboxylic acids is 1. The van der Waals surface area contributed by atoms with Crippen LogP contribution in [0.15, 0.2) is 12.3 Å². The van der Waals surface area contributed by atoms with Crippen LogP contribution in [0.2, 0.25) is 5.02 Å². The minimum absolute atomic E-state index is 0.0723. The van der Waals surface area contributed by atoms with Gasteiger partial charge in [0.2, 0.25) is 0 Å². The van der Waals surface area contributed by atoms with Crippen molar-refractivity contribution in [2.45, 2.75) is 32.7 Å². The Morgan fingerprint density at radius 3 is 2.94 bits per heavy atom. The van der Waals surface area contributed by atoms with Crippen LogP contribution in [0.3, 0.4) is 0 Å². The average molecular weight is 241 g/mol. The molecule has 2 rings (SSSR count). The van der Waals surface area contributed by atoms with E-state index < -0.39 is 0 Å². The quantitative estimate of drug-likeness (QED) is 0.848. The maximum atomic E-state index is 12.2. The molecule has 1 amide bonds. The molecule has 0 aliphatic carbocycles. The first-order chi connectivity index (χ1) is 7.59. The summed E-state index contributed by atoms with van der Waals surface area (Å²) in [6.07, 6.45) is 3.86. The highest BCUT2D eigenvalue weighted by molar-refractivity contribution is 6.30. The summed E-state index contributed by atoms with van der Waals surface area (Å²) in [5.41, 5.74) is 0.595. The Bertz CT molecular complexity index is 386. The van der Waals surface area contributed by atoms with E-state index in [1.807, 2.05) is 4.90 Å². The molecule has 2 heterocycles. The lowest BCUT2D eigenvalue weighted by Gasteiger charge is -2.27. The van der Waals surface area contributed by atoms with Crippen LogP contribution < -0.4 is 0 Å². The Balaban J connectivity index is 2.15. The Labute approximate surface area is 101 Å². The van der Waals surface area contributed by atoms with Gasteiger partial charge in [0.1, 0.15) is 5.69 Å². The number of halogens is 1. The van der Waals surface area contributed by atoms with Gasteiger partial charge in [-0.25, -0.2) is 0 Å². The number of likely N-dealkylation sites (tertiary alicyclic amines) is 1. The zero-order valence-electron chi connectivity index (χ0n) is 9.66. The second-order valence-corrected chi connectivity index (χ2v) is 5.12. The normalized spacial score (nSPS) is 20.8. The van der Waals surface area contributed by atoms with E-state index in [1.165, 1.54) is 0 Å². The Hall–Kier alpha value is -0.960. The summed E-state index contributed by atoms with van der Waals surface area (Å²) < 4.78 is 0. The van der Waals surface area contributed by atoms with Crippen molar-refractivity contribution in [1.29, 1.82) is 0 Å². The smallest absolute Gasteiger partial charge is 0.270 e. The first-order valence-corrected chi connectivity index (χ1v) is 6.12. The maximum Gasteiger partial charge on any atom is 0.270 e. The molecule has 0 spiro atoms. The number of carbonyl (C=O) groups is 1. The third kappa shape index (κ3) is 2.09. The largest absolute Gasteiger partial charge is 0.356 e. The summed E-state index contributed by atoms with van der Waals surface area (Å²) in [5, 5.41) is 0.587. The fourth-order valence-corrected chi connectivity index (χ4v) is 2.55. The van der Waals surface area contributed by atoms with Crippen LogP contribution in [-0.4, -0.2) is 28.4 Å². The standard InChI is InChI=1S/C12H17ClN2O/c1-8(2)11-4-3-5-15(11)12(16)10-6-9(13)7-14-10/h6-8,11,14H,3-5H2,1-2H3. The molecule has 1 N–H and O–H groups in total. The Morgan fingerprint density at radius 1 is 1.62 bits per heavy atom. The van der Waals surface area contributed by atoms with Crippen molar-refractivity contribution in [1.82, 2.24) is 9.88 Å². The third-order valence-corrected chi connectivity index (χ3v) is 3.43. The van der Waals surface area contributed by atoms with Crippen LogP contribution in [-0.2, 0) is 0 Å². The molecule has 1 atom stereocenters. The van der Waals surface area contributed by atoms with E-state index >= 15 is 0 Å². The summed E-state index contributed by atoms with van der Waals surface area (Å²) >= 11 is 5.81. The average Bonchev–Trinajstić information content (AvgIpc) is 2.84. The molecule has 1 saturated heterocycles. The number of H-pyrrole nitrogens is 1. The highest BCUT2D eigenvalue weighted by Gasteiger charge is 2.31. The van der Waals surface area contributed by atoms with Gasteiger partial charge < -0.3 is 9.88 Å². The van der Waals surface area contributed by atoms with Gasteiger partial charge >= 0.3 is 0 Å². The predicted molar refractivity (Wildman–Crippen MR) is 64.7 cm³/mol. The van der Waals surface area contributed by atoms with Crippen LogP contribution in [0, 0.1) is 5.92 Å². The topological polar surface area (TPSA) is 36.1 Å². The van der Waals surface area contributed by atoms with Crippen molar-refractivity contribution in [3.63, 3.8) is 0 Å². The van der Waals surface area contributed by atoms with Crippen LogP contribution in [0.25, 0.3) is 0 Å². The van der Waals surface area contributed by atoms with Gasteiger partial charge in [0.05, 0.1) is 5.02 Å². The molecule has 1 aromatic heterocycles. The van der Waals surface area contributed by atoms with Crippen molar-refractivity contribution in [2.24, 2.45) is 5.92 Å². The molecular weight excluding hydrogens is 224 g/mol. The lowest BCUT2D eigenvalue weighted by Crippen LogP contribution is -2.38. The summed E-state index contributed by atoms with van der Waals surface area (Å²) in [6.45, 7) is 5.19. The van der Waals surface area contributed by atoms with Gasteiger partial charge in [0.15, 0.2) is 0 Å². The SMILES string of the molecule is CC(C)C1CCCN1C(=O)c1cc(Cl)c[nH]1. The molecule has 0 radical (unpaired) electrons. The number of nitrogens with zero attached hydrogens (tertiary/aromatic N) is 1. The fraction of sp³-hybridized carbons (Fsp3) is 0.583. The highest BCUT2D eigenvalue weighted by atomic mass is 35.5. The third-order valence-electron chi connectivity index (χ3n) is 3.21. The van der Waals surface area contributed by atoms with E-state index in [4.69, 9.17) is 11.6 Å². The highest BCUT2D eigenvalue weighted by Crippen LogP contribution is 2.25. The molecule has 16 heavy (non-hydrogen) atoms. The number of amides is 1. The number of hydrogen-bond acceptors (Lipinski definition) is 1. The van der Waals surface area contributed by atoms with Gasteiger partial charge in [0, 0.05) is 18.8 Å². The number of aromatic amines is 1. The van der Waals surface area contributed by atoms with Crippen molar-refractivity contribution >= 4 is 17.5 Å². The summed E-state index contributed by atoms with van der Waals surface area (Å²) in [7, 11) is 0. The second-order valence-electron chi connectivity index (χ2n) is 4.68. The van der Waals surface area contributed by atoms with Crippen LogP contribution in [0.4, 0.5) is 0 Å². The van der Waals surface area contributed by atoms with Crippen molar-refractivity contribution in [2.75, 3.05) is 6.54 Å². The van der Waals surface area contributed by atoms with Crippen LogP contribution in [0.5, 0.6) is 0 Å². The van der Waals surface area contributed by atoms with Gasteiger partial charge in [-0.05, 0) is 24.8 Å². The van der Waals surface area contributed by atoms with Gasteiger partial charge in [-0.15, -0.1) is 0 Å². The molecule has 1 aliphatic heterocycles. The molecule has 3 nitrogen and oxygen atoms in total. The minimum atomic E-state index is 0.0723. The predicted octanol–water partition coefficient (Wildman–Crippen LogP) is 2.93. The van der Waals surface area contributed by atoms with Gasteiger partial charge in [-0.3, -0.25) is 4.79 Å². The van der Waals surface area contributed by atoms with Crippen molar-refractivity contribution in [3.05, 3.63) is 23.0 Å². The van der Waals surface area contributed by atoms with E-state index in [0.29, 0.717) is 22.7 Å². The molecule has 1 aliphatic rings. The first-order valence-electron chi connectivity index (χ1n) is 5.74. The molecule has 0 bridgehead atoms. The number of rotatable bonds is 2. The molecule has 1 aromatic rings. The molecule has 1 unspecified atom stereocenters. The van der Waals surface area contributed by atoms with Crippen LogP contribution >= 0.6 is 11.6 Å². The summed E-state index contributed by atoms with van der Waals surface area (Å²) in [5.74, 6) is 0.583. The molecule has 1 fully saturated rings. The van der Waals surface area contributed by atoms with E-state index in [1.54, 1.807) is 12.3 Å². The van der Waals surface area contributed by atoms with E-state index in [-0.39, 0.29) is 5.91 Å².